The second-order valence-electron chi connectivity index (χ2n) is 6.21. The number of aldehydes is 1. The van der Waals surface area contributed by atoms with Gasteiger partial charge in [-0.3, -0.25) is 4.79 Å². The molecule has 0 N–H and O–H groups in total. The van der Waals surface area contributed by atoms with Crippen molar-refractivity contribution in [2.45, 2.75) is 39.5 Å². The summed E-state index contributed by atoms with van der Waals surface area (Å²) in [5.74, 6) is 2.56. The van der Waals surface area contributed by atoms with E-state index in [1.807, 2.05) is 19.9 Å². The lowest BCUT2D eigenvalue weighted by Gasteiger charge is -2.25. The topological polar surface area (TPSA) is 33.2 Å². The molecule has 0 spiro atoms. The van der Waals surface area contributed by atoms with Gasteiger partial charge in [-0.25, -0.2) is 4.98 Å². The van der Waals surface area contributed by atoms with Gasteiger partial charge >= 0.3 is 0 Å². The van der Waals surface area contributed by atoms with Crippen LogP contribution in [0.1, 0.15) is 47.3 Å². The molecule has 1 aromatic heterocycles. The second kappa shape index (κ2) is 4.95. The number of carbonyl (C=O) groups is 1. The van der Waals surface area contributed by atoms with Crippen LogP contribution in [0.5, 0.6) is 0 Å². The number of nitrogens with zero attached hydrogens (tertiary/aromatic N) is 2. The molecule has 3 rings (SSSR count). The van der Waals surface area contributed by atoms with E-state index in [-0.39, 0.29) is 0 Å². The van der Waals surface area contributed by atoms with Crippen molar-refractivity contribution in [2.75, 3.05) is 18.0 Å². The van der Waals surface area contributed by atoms with E-state index in [2.05, 4.69) is 4.90 Å². The monoisotopic (exact) mass is 258 g/mol. The van der Waals surface area contributed by atoms with E-state index in [9.17, 15) is 4.79 Å². The third kappa shape index (κ3) is 2.96. The van der Waals surface area contributed by atoms with Gasteiger partial charge in [0.15, 0.2) is 6.29 Å². The average Bonchev–Trinajstić information content (AvgIpc) is 3.26. The quantitative estimate of drug-likeness (QED) is 0.735. The van der Waals surface area contributed by atoms with Crippen molar-refractivity contribution in [2.24, 2.45) is 11.8 Å². The van der Waals surface area contributed by atoms with Crippen molar-refractivity contribution in [3.05, 3.63) is 22.9 Å². The fraction of sp³-hybridized carbons (Fsp3) is 0.625. The maximum absolute atomic E-state index is 11.3. The van der Waals surface area contributed by atoms with E-state index in [1.165, 1.54) is 25.7 Å². The molecule has 3 heteroatoms. The van der Waals surface area contributed by atoms with Gasteiger partial charge in [0.25, 0.3) is 0 Å². The summed E-state index contributed by atoms with van der Waals surface area (Å²) in [5, 5.41) is 0. The molecular weight excluding hydrogens is 236 g/mol. The lowest BCUT2D eigenvalue weighted by atomic mass is 10.1. The summed E-state index contributed by atoms with van der Waals surface area (Å²) in [6.07, 6.45) is 6.30. The van der Waals surface area contributed by atoms with Crippen molar-refractivity contribution in [1.82, 2.24) is 4.98 Å². The van der Waals surface area contributed by atoms with Gasteiger partial charge < -0.3 is 4.90 Å². The number of pyridine rings is 1. The SMILES string of the molecule is Cc1cc(C=O)c(N(CC2CC2)CC2CC2)nc1C. The van der Waals surface area contributed by atoms with Crippen LogP contribution in [-0.2, 0) is 0 Å². The molecule has 19 heavy (non-hydrogen) atoms. The van der Waals surface area contributed by atoms with Crippen LogP contribution in [0.4, 0.5) is 5.82 Å². The molecule has 2 aliphatic rings. The molecule has 1 heterocycles. The molecule has 1 aromatic rings. The van der Waals surface area contributed by atoms with Crippen LogP contribution >= 0.6 is 0 Å². The Bertz CT molecular complexity index is 476. The minimum atomic E-state index is 0.754. The van der Waals surface area contributed by atoms with Gasteiger partial charge in [0.1, 0.15) is 5.82 Å². The molecule has 2 aliphatic carbocycles. The minimum absolute atomic E-state index is 0.754. The maximum atomic E-state index is 11.3. The van der Waals surface area contributed by atoms with Gasteiger partial charge in [-0.2, -0.15) is 0 Å². The van der Waals surface area contributed by atoms with E-state index in [0.29, 0.717) is 0 Å². The van der Waals surface area contributed by atoms with Crippen molar-refractivity contribution in [3.8, 4) is 0 Å². The first-order valence-electron chi connectivity index (χ1n) is 7.35. The summed E-state index contributed by atoms with van der Waals surface area (Å²) in [4.78, 5) is 18.4. The zero-order valence-electron chi connectivity index (χ0n) is 11.9. The number of rotatable bonds is 6. The largest absolute Gasteiger partial charge is 0.355 e. The molecule has 0 atom stereocenters. The lowest BCUT2D eigenvalue weighted by Crippen LogP contribution is -2.30. The van der Waals surface area contributed by atoms with Gasteiger partial charge in [-0.1, -0.05) is 0 Å². The van der Waals surface area contributed by atoms with E-state index >= 15 is 0 Å². The van der Waals surface area contributed by atoms with Crippen molar-refractivity contribution in [1.29, 1.82) is 0 Å². The fourth-order valence-electron chi connectivity index (χ4n) is 2.53. The van der Waals surface area contributed by atoms with E-state index in [1.54, 1.807) is 0 Å². The second-order valence-corrected chi connectivity index (χ2v) is 6.21. The smallest absolute Gasteiger partial charge is 0.153 e. The molecule has 102 valence electrons. The zero-order chi connectivity index (χ0) is 13.4. The average molecular weight is 258 g/mol. The van der Waals surface area contributed by atoms with E-state index in [0.717, 1.165) is 53.9 Å². The summed E-state index contributed by atoms with van der Waals surface area (Å²) >= 11 is 0. The Hall–Kier alpha value is -1.38. The third-order valence-electron chi connectivity index (χ3n) is 4.25. The van der Waals surface area contributed by atoms with Crippen LogP contribution in [-0.4, -0.2) is 24.4 Å². The van der Waals surface area contributed by atoms with E-state index < -0.39 is 0 Å². The summed E-state index contributed by atoms with van der Waals surface area (Å²) in [7, 11) is 0. The van der Waals surface area contributed by atoms with Crippen molar-refractivity contribution < 1.29 is 4.79 Å². The molecular formula is C16H22N2O. The molecule has 0 amide bonds. The molecule has 3 nitrogen and oxygen atoms in total. The third-order valence-corrected chi connectivity index (χ3v) is 4.25. The fourth-order valence-corrected chi connectivity index (χ4v) is 2.53. The first-order chi connectivity index (χ1) is 9.17. The Morgan fingerprint density at radius 3 is 2.26 bits per heavy atom. The van der Waals surface area contributed by atoms with Gasteiger partial charge in [-0.15, -0.1) is 0 Å². The van der Waals surface area contributed by atoms with Crippen molar-refractivity contribution >= 4 is 12.1 Å². The normalized spacial score (nSPS) is 18.4. The van der Waals surface area contributed by atoms with Crippen LogP contribution in [0.25, 0.3) is 0 Å². The highest BCUT2D eigenvalue weighted by molar-refractivity contribution is 5.83. The predicted molar refractivity (Wildman–Crippen MR) is 76.8 cm³/mol. The standard InChI is InChI=1S/C16H22N2O/c1-11-7-15(10-19)16(17-12(11)2)18(8-13-3-4-13)9-14-5-6-14/h7,10,13-14H,3-6,8-9H2,1-2H3. The highest BCUT2D eigenvalue weighted by Gasteiger charge is 2.30. The summed E-state index contributed by atoms with van der Waals surface area (Å²) < 4.78 is 0. The maximum Gasteiger partial charge on any atom is 0.153 e. The highest BCUT2D eigenvalue weighted by atomic mass is 16.1. The van der Waals surface area contributed by atoms with E-state index in [4.69, 9.17) is 4.98 Å². The lowest BCUT2D eigenvalue weighted by molar-refractivity contribution is 0.112. The van der Waals surface area contributed by atoms with Crippen LogP contribution in [0.15, 0.2) is 6.07 Å². The number of hydrogen-bond donors (Lipinski definition) is 0. The minimum Gasteiger partial charge on any atom is -0.355 e. The van der Waals surface area contributed by atoms with Gasteiger partial charge in [0.2, 0.25) is 0 Å². The Morgan fingerprint density at radius 2 is 1.79 bits per heavy atom. The van der Waals surface area contributed by atoms with Crippen molar-refractivity contribution in [3.63, 3.8) is 0 Å². The van der Waals surface area contributed by atoms with Crippen LogP contribution < -0.4 is 4.90 Å². The molecule has 0 saturated heterocycles. The molecule has 0 bridgehead atoms. The summed E-state index contributed by atoms with van der Waals surface area (Å²) in [6, 6.07) is 1.98. The number of carbonyl (C=O) groups excluding carboxylic acids is 1. The molecule has 2 saturated carbocycles. The Kier molecular flexibility index (Phi) is 3.29. The van der Waals surface area contributed by atoms with Crippen LogP contribution in [0.2, 0.25) is 0 Å². The molecule has 0 aromatic carbocycles. The predicted octanol–water partition coefficient (Wildman–Crippen LogP) is 3.14. The molecule has 0 aliphatic heterocycles. The Morgan fingerprint density at radius 1 is 1.21 bits per heavy atom. The summed E-state index contributed by atoms with van der Waals surface area (Å²) in [5.41, 5.74) is 2.89. The summed E-state index contributed by atoms with van der Waals surface area (Å²) in [6.45, 7) is 6.20. The van der Waals surface area contributed by atoms with Crippen LogP contribution in [0, 0.1) is 25.7 Å². The van der Waals surface area contributed by atoms with Crippen LogP contribution in [0.3, 0.4) is 0 Å². The number of hydrogen-bond acceptors (Lipinski definition) is 3. The van der Waals surface area contributed by atoms with Gasteiger partial charge in [-0.05, 0) is 63.0 Å². The Labute approximate surface area is 115 Å². The number of aryl methyl sites for hydroxylation is 2. The first-order valence-corrected chi connectivity index (χ1v) is 7.35. The zero-order valence-corrected chi connectivity index (χ0v) is 11.9. The molecule has 0 radical (unpaired) electrons. The molecule has 2 fully saturated rings. The number of anilines is 1. The number of aromatic nitrogens is 1. The first kappa shape index (κ1) is 12.6. The highest BCUT2D eigenvalue weighted by Crippen LogP contribution is 2.36. The van der Waals surface area contributed by atoms with Gasteiger partial charge in [0, 0.05) is 18.8 Å². The Balaban J connectivity index is 1.89. The van der Waals surface area contributed by atoms with Gasteiger partial charge in [0.05, 0.1) is 5.56 Å². The molecule has 0 unspecified atom stereocenters.